The van der Waals surface area contributed by atoms with E-state index in [1.54, 1.807) is 0 Å². The van der Waals surface area contributed by atoms with Gasteiger partial charge in [0.25, 0.3) is 0 Å². The van der Waals surface area contributed by atoms with E-state index in [0.717, 1.165) is 19.8 Å². The summed E-state index contributed by atoms with van der Waals surface area (Å²) in [6.07, 6.45) is 8.29. The molecule has 0 radical (unpaired) electrons. The normalized spacial score (nSPS) is 25.4. The van der Waals surface area contributed by atoms with Gasteiger partial charge in [-0.2, -0.15) is 0 Å². The second kappa shape index (κ2) is 7.61. The topological polar surface area (TPSA) is 24.5 Å². The largest absolute Gasteiger partial charge is 0.380 e. The van der Waals surface area contributed by atoms with Crippen molar-refractivity contribution in [3.05, 3.63) is 0 Å². The number of nitrogens with one attached hydrogen (secondary N) is 1. The van der Waals surface area contributed by atoms with Crippen LogP contribution in [0.4, 0.5) is 0 Å². The number of rotatable bonds is 5. The Labute approximate surface area is 119 Å². The fourth-order valence-electron chi connectivity index (χ4n) is 3.54. The molecule has 1 aliphatic heterocycles. The van der Waals surface area contributed by atoms with Crippen molar-refractivity contribution in [3.63, 3.8) is 0 Å². The van der Waals surface area contributed by atoms with E-state index in [0.29, 0.717) is 11.5 Å². The first kappa shape index (κ1) is 15.3. The van der Waals surface area contributed by atoms with Gasteiger partial charge in [0, 0.05) is 38.8 Å². The van der Waals surface area contributed by atoms with Crippen molar-refractivity contribution in [2.45, 2.75) is 58.4 Å². The summed E-state index contributed by atoms with van der Waals surface area (Å²) in [5.41, 5.74) is 0.521. The van der Waals surface area contributed by atoms with Gasteiger partial charge >= 0.3 is 0 Å². The Morgan fingerprint density at radius 2 is 1.84 bits per heavy atom. The summed E-state index contributed by atoms with van der Waals surface area (Å²) in [6.45, 7) is 11.2. The van der Waals surface area contributed by atoms with Crippen LogP contribution in [0.15, 0.2) is 0 Å². The molecule has 1 heterocycles. The molecule has 2 rings (SSSR count). The summed E-state index contributed by atoms with van der Waals surface area (Å²) >= 11 is 0. The van der Waals surface area contributed by atoms with Crippen LogP contribution in [0.1, 0.15) is 52.4 Å². The maximum absolute atomic E-state index is 5.59. The Morgan fingerprint density at radius 3 is 2.58 bits per heavy atom. The quantitative estimate of drug-likeness (QED) is 0.829. The summed E-state index contributed by atoms with van der Waals surface area (Å²) in [5, 5.41) is 3.70. The predicted molar refractivity (Wildman–Crippen MR) is 80.5 cm³/mol. The highest BCUT2D eigenvalue weighted by atomic mass is 16.5. The molecule has 19 heavy (non-hydrogen) atoms. The molecule has 2 aliphatic rings. The number of hydrogen-bond acceptors (Lipinski definition) is 3. The van der Waals surface area contributed by atoms with Crippen LogP contribution in [0, 0.1) is 5.41 Å². The molecule has 3 nitrogen and oxygen atoms in total. The molecule has 0 aromatic rings. The van der Waals surface area contributed by atoms with Gasteiger partial charge in [0.05, 0.1) is 6.61 Å². The molecule has 1 saturated heterocycles. The fraction of sp³-hybridized carbons (Fsp3) is 1.00. The molecule has 1 saturated carbocycles. The smallest absolute Gasteiger partial charge is 0.0593 e. The maximum atomic E-state index is 5.59. The Morgan fingerprint density at radius 1 is 1.05 bits per heavy atom. The van der Waals surface area contributed by atoms with E-state index in [9.17, 15) is 0 Å². The van der Waals surface area contributed by atoms with Crippen LogP contribution in [0.5, 0.6) is 0 Å². The van der Waals surface area contributed by atoms with E-state index in [-0.39, 0.29) is 0 Å². The summed E-state index contributed by atoms with van der Waals surface area (Å²) in [5.74, 6) is 0. The Balaban J connectivity index is 1.91. The Bertz CT molecular complexity index is 241. The summed E-state index contributed by atoms with van der Waals surface area (Å²) in [7, 11) is 0. The van der Waals surface area contributed by atoms with Gasteiger partial charge in [0.1, 0.15) is 0 Å². The lowest BCUT2D eigenvalue weighted by atomic mass is 9.73. The molecule has 3 heteroatoms. The van der Waals surface area contributed by atoms with Crippen molar-refractivity contribution >= 4 is 0 Å². The van der Waals surface area contributed by atoms with Crippen LogP contribution in [0.25, 0.3) is 0 Å². The summed E-state index contributed by atoms with van der Waals surface area (Å²) < 4.78 is 5.59. The van der Waals surface area contributed by atoms with Gasteiger partial charge < -0.3 is 15.0 Å². The summed E-state index contributed by atoms with van der Waals surface area (Å²) in [6, 6.07) is 0.603. The maximum Gasteiger partial charge on any atom is 0.0593 e. The second-order valence-corrected chi connectivity index (χ2v) is 6.84. The number of ether oxygens (including phenoxy) is 1. The standard InChI is InChI=1S/C16H32N2O/c1-15(2)17-13-16(7-4-3-5-8-16)14-18-9-6-11-19-12-10-18/h15,17H,3-14H2,1-2H3. The minimum atomic E-state index is 0.521. The van der Waals surface area contributed by atoms with Crippen LogP contribution < -0.4 is 5.32 Å². The zero-order valence-electron chi connectivity index (χ0n) is 12.9. The molecule has 0 aromatic heterocycles. The fourth-order valence-corrected chi connectivity index (χ4v) is 3.54. The molecule has 0 aromatic carbocycles. The monoisotopic (exact) mass is 268 g/mol. The van der Waals surface area contributed by atoms with E-state index < -0.39 is 0 Å². The average molecular weight is 268 g/mol. The van der Waals surface area contributed by atoms with E-state index in [1.807, 2.05) is 0 Å². The van der Waals surface area contributed by atoms with Crippen molar-refractivity contribution in [1.82, 2.24) is 10.2 Å². The average Bonchev–Trinajstić information content (AvgIpc) is 2.66. The zero-order valence-corrected chi connectivity index (χ0v) is 12.9. The van der Waals surface area contributed by atoms with Crippen molar-refractivity contribution < 1.29 is 4.74 Å². The minimum Gasteiger partial charge on any atom is -0.380 e. The summed E-state index contributed by atoms with van der Waals surface area (Å²) in [4.78, 5) is 2.65. The third-order valence-corrected chi connectivity index (χ3v) is 4.67. The Hall–Kier alpha value is -0.120. The molecular formula is C16H32N2O. The first-order valence-corrected chi connectivity index (χ1v) is 8.24. The minimum absolute atomic E-state index is 0.521. The van der Waals surface area contributed by atoms with Crippen molar-refractivity contribution in [2.24, 2.45) is 5.41 Å². The first-order chi connectivity index (χ1) is 9.20. The number of hydrogen-bond donors (Lipinski definition) is 1. The van der Waals surface area contributed by atoms with Crippen molar-refractivity contribution in [2.75, 3.05) is 39.4 Å². The van der Waals surface area contributed by atoms with E-state index in [4.69, 9.17) is 4.74 Å². The zero-order chi connectivity index (χ0) is 13.6. The molecule has 0 spiro atoms. The van der Waals surface area contributed by atoms with Crippen LogP contribution in [-0.2, 0) is 4.74 Å². The molecule has 0 amide bonds. The van der Waals surface area contributed by atoms with Gasteiger partial charge in [-0.15, -0.1) is 0 Å². The molecule has 1 N–H and O–H groups in total. The second-order valence-electron chi connectivity index (χ2n) is 6.84. The number of nitrogens with zero attached hydrogens (tertiary/aromatic N) is 1. The predicted octanol–water partition coefficient (Wildman–Crippen LogP) is 2.66. The Kier molecular flexibility index (Phi) is 6.11. The van der Waals surface area contributed by atoms with Gasteiger partial charge in [-0.3, -0.25) is 0 Å². The van der Waals surface area contributed by atoms with Gasteiger partial charge in [0.15, 0.2) is 0 Å². The first-order valence-electron chi connectivity index (χ1n) is 8.24. The van der Waals surface area contributed by atoms with E-state index in [2.05, 4.69) is 24.1 Å². The van der Waals surface area contributed by atoms with Gasteiger partial charge in [-0.25, -0.2) is 0 Å². The lowest BCUT2D eigenvalue weighted by Crippen LogP contribution is -2.47. The van der Waals surface area contributed by atoms with E-state index >= 15 is 0 Å². The molecule has 2 fully saturated rings. The van der Waals surface area contributed by atoms with Crippen LogP contribution in [-0.4, -0.2) is 50.3 Å². The lowest BCUT2D eigenvalue weighted by Gasteiger charge is -2.41. The molecule has 0 bridgehead atoms. The van der Waals surface area contributed by atoms with Crippen LogP contribution in [0.3, 0.4) is 0 Å². The molecule has 0 unspecified atom stereocenters. The molecule has 1 aliphatic carbocycles. The van der Waals surface area contributed by atoms with Crippen LogP contribution in [0.2, 0.25) is 0 Å². The van der Waals surface area contributed by atoms with Crippen molar-refractivity contribution in [3.8, 4) is 0 Å². The van der Waals surface area contributed by atoms with Gasteiger partial charge in [-0.1, -0.05) is 33.1 Å². The molecule has 112 valence electrons. The lowest BCUT2D eigenvalue weighted by molar-refractivity contribution is 0.0922. The van der Waals surface area contributed by atoms with Crippen LogP contribution >= 0.6 is 0 Å². The third kappa shape index (κ3) is 5.05. The highest BCUT2D eigenvalue weighted by molar-refractivity contribution is 4.88. The third-order valence-electron chi connectivity index (χ3n) is 4.67. The highest BCUT2D eigenvalue weighted by Gasteiger charge is 2.33. The SMILES string of the molecule is CC(C)NCC1(CN2CCCOCC2)CCCCC1. The van der Waals surface area contributed by atoms with Gasteiger partial charge in [-0.05, 0) is 24.7 Å². The molecule has 0 atom stereocenters. The molecular weight excluding hydrogens is 236 g/mol. The van der Waals surface area contributed by atoms with E-state index in [1.165, 1.54) is 58.2 Å². The van der Waals surface area contributed by atoms with Gasteiger partial charge in [0.2, 0.25) is 0 Å². The van der Waals surface area contributed by atoms with Crippen molar-refractivity contribution in [1.29, 1.82) is 0 Å². The highest BCUT2D eigenvalue weighted by Crippen LogP contribution is 2.36.